The first-order chi connectivity index (χ1) is 8.51. The molecule has 6 heteroatoms. The highest BCUT2D eigenvalue weighted by atomic mass is 35.5. The fraction of sp³-hybridized carbons (Fsp3) is 0.333. The average Bonchev–Trinajstić information content (AvgIpc) is 2.32. The quantitative estimate of drug-likeness (QED) is 0.364. The van der Waals surface area contributed by atoms with Crippen molar-refractivity contribution in [2.24, 2.45) is 0 Å². The normalized spacial score (nSPS) is 10.7. The zero-order valence-corrected chi connectivity index (χ0v) is 10.0. The van der Waals surface area contributed by atoms with E-state index in [0.29, 0.717) is 5.75 Å². The Morgan fingerprint density at radius 2 is 1.83 bits per heavy atom. The van der Waals surface area contributed by atoms with Crippen LogP contribution >= 0.6 is 11.6 Å². The molecule has 0 N–H and O–H groups in total. The summed E-state index contributed by atoms with van der Waals surface area (Å²) in [6.07, 6.45) is -4.34. The van der Waals surface area contributed by atoms with Crippen molar-refractivity contribution in [3.8, 4) is 17.6 Å². The topological polar surface area (TPSA) is 18.5 Å². The van der Waals surface area contributed by atoms with Crippen molar-refractivity contribution in [2.75, 3.05) is 19.3 Å². The van der Waals surface area contributed by atoms with E-state index in [1.54, 1.807) is 24.3 Å². The van der Waals surface area contributed by atoms with Gasteiger partial charge in [0.2, 0.25) is 0 Å². The van der Waals surface area contributed by atoms with Gasteiger partial charge in [0, 0.05) is 5.56 Å². The summed E-state index contributed by atoms with van der Waals surface area (Å²) >= 11 is 5.40. The molecule has 0 unspecified atom stereocenters. The van der Waals surface area contributed by atoms with Gasteiger partial charge in [-0.25, -0.2) is 0 Å². The Hall–Kier alpha value is -1.38. The Morgan fingerprint density at radius 1 is 1.17 bits per heavy atom. The van der Waals surface area contributed by atoms with Crippen LogP contribution in [0.1, 0.15) is 5.56 Å². The molecule has 1 rings (SSSR count). The zero-order valence-electron chi connectivity index (χ0n) is 9.26. The third kappa shape index (κ3) is 6.38. The Labute approximate surface area is 108 Å². The highest BCUT2D eigenvalue weighted by Gasteiger charge is 2.27. The molecule has 1 aromatic rings. The minimum atomic E-state index is -4.34. The van der Waals surface area contributed by atoms with E-state index in [2.05, 4.69) is 16.6 Å². The molecule has 0 aliphatic heterocycles. The van der Waals surface area contributed by atoms with Gasteiger partial charge in [0.05, 0.1) is 5.88 Å². The maximum atomic E-state index is 11.7. The van der Waals surface area contributed by atoms with Crippen molar-refractivity contribution in [2.45, 2.75) is 6.18 Å². The lowest BCUT2D eigenvalue weighted by atomic mass is 10.2. The van der Waals surface area contributed by atoms with E-state index < -0.39 is 19.6 Å². The van der Waals surface area contributed by atoms with E-state index in [9.17, 15) is 13.2 Å². The van der Waals surface area contributed by atoms with Gasteiger partial charge in [0.1, 0.15) is 12.4 Å². The van der Waals surface area contributed by atoms with Gasteiger partial charge in [-0.1, -0.05) is 11.8 Å². The smallest absolute Gasteiger partial charge is 0.411 e. The van der Waals surface area contributed by atoms with E-state index in [0.717, 1.165) is 5.56 Å². The van der Waals surface area contributed by atoms with Crippen LogP contribution in [0.25, 0.3) is 0 Å². The Kier molecular flexibility index (Phi) is 5.83. The molecule has 98 valence electrons. The van der Waals surface area contributed by atoms with Gasteiger partial charge < -0.3 is 9.47 Å². The highest BCUT2D eigenvalue weighted by Crippen LogP contribution is 2.15. The summed E-state index contributed by atoms with van der Waals surface area (Å²) in [6, 6.07) is 6.54. The molecule has 2 nitrogen and oxygen atoms in total. The molecule has 1 aromatic carbocycles. The SMILES string of the molecule is FC(F)(F)COCOc1ccc(C#CCCl)cc1. The Balaban J connectivity index is 2.35. The van der Waals surface area contributed by atoms with Gasteiger partial charge in [0.15, 0.2) is 6.79 Å². The van der Waals surface area contributed by atoms with E-state index in [1.165, 1.54) is 0 Å². The lowest BCUT2D eigenvalue weighted by Crippen LogP contribution is -2.19. The Morgan fingerprint density at radius 3 is 2.39 bits per heavy atom. The fourth-order valence-electron chi connectivity index (χ4n) is 1.04. The minimum absolute atomic E-state index is 0.240. The standard InChI is InChI=1S/C12H10ClF3O2/c13-7-1-2-10-3-5-11(6-4-10)18-9-17-8-12(14,15)16/h3-6H,7-9H2. The molecule has 0 aromatic heterocycles. The molecule has 0 saturated heterocycles. The number of benzene rings is 1. The van der Waals surface area contributed by atoms with E-state index in [-0.39, 0.29) is 5.88 Å². The maximum absolute atomic E-state index is 11.7. The van der Waals surface area contributed by atoms with Crippen molar-refractivity contribution >= 4 is 11.6 Å². The maximum Gasteiger partial charge on any atom is 0.411 e. The number of hydrogen-bond acceptors (Lipinski definition) is 2. The second-order valence-corrected chi connectivity index (χ2v) is 3.45. The third-order valence-electron chi connectivity index (χ3n) is 1.73. The predicted molar refractivity (Wildman–Crippen MR) is 61.5 cm³/mol. The molecule has 0 radical (unpaired) electrons. The van der Waals surface area contributed by atoms with Crippen LogP contribution in [0.2, 0.25) is 0 Å². The van der Waals surface area contributed by atoms with Crippen LogP contribution in [-0.2, 0) is 4.74 Å². The number of ether oxygens (including phenoxy) is 2. The molecular weight excluding hydrogens is 269 g/mol. The van der Waals surface area contributed by atoms with Crippen molar-refractivity contribution in [1.29, 1.82) is 0 Å². The summed E-state index contributed by atoms with van der Waals surface area (Å²) in [5.74, 6) is 6.12. The van der Waals surface area contributed by atoms with Crippen molar-refractivity contribution in [3.05, 3.63) is 29.8 Å². The van der Waals surface area contributed by atoms with Gasteiger partial charge in [-0.3, -0.25) is 0 Å². The zero-order chi connectivity index (χ0) is 13.4. The van der Waals surface area contributed by atoms with E-state index in [1.807, 2.05) is 0 Å². The van der Waals surface area contributed by atoms with Crippen LogP contribution in [0.4, 0.5) is 13.2 Å². The molecule has 0 aliphatic rings. The van der Waals surface area contributed by atoms with Crippen LogP contribution in [0.5, 0.6) is 5.75 Å². The van der Waals surface area contributed by atoms with Crippen LogP contribution in [-0.4, -0.2) is 25.5 Å². The molecule has 0 saturated carbocycles. The van der Waals surface area contributed by atoms with Gasteiger partial charge in [-0.15, -0.1) is 11.6 Å². The lowest BCUT2D eigenvalue weighted by Gasteiger charge is -2.09. The molecular formula is C12H10ClF3O2. The van der Waals surface area contributed by atoms with Crippen LogP contribution in [0, 0.1) is 11.8 Å². The first-order valence-electron chi connectivity index (χ1n) is 4.93. The molecule has 0 bridgehead atoms. The molecule has 0 aliphatic carbocycles. The number of rotatable bonds is 4. The van der Waals surface area contributed by atoms with E-state index in [4.69, 9.17) is 16.3 Å². The largest absolute Gasteiger partial charge is 0.468 e. The monoisotopic (exact) mass is 278 g/mol. The summed E-state index contributed by atoms with van der Waals surface area (Å²) in [5, 5.41) is 0. The summed E-state index contributed by atoms with van der Waals surface area (Å²) in [6.45, 7) is -1.78. The summed E-state index contributed by atoms with van der Waals surface area (Å²) in [7, 11) is 0. The molecule has 18 heavy (non-hydrogen) atoms. The second kappa shape index (κ2) is 7.14. The van der Waals surface area contributed by atoms with Crippen molar-refractivity contribution in [3.63, 3.8) is 0 Å². The lowest BCUT2D eigenvalue weighted by molar-refractivity contribution is -0.186. The minimum Gasteiger partial charge on any atom is -0.468 e. The summed E-state index contributed by atoms with van der Waals surface area (Å²) in [4.78, 5) is 0. The number of alkyl halides is 4. The summed E-state index contributed by atoms with van der Waals surface area (Å²) in [5.41, 5.74) is 0.749. The Bertz CT molecular complexity index is 418. The molecule has 0 amide bonds. The second-order valence-electron chi connectivity index (χ2n) is 3.19. The first-order valence-corrected chi connectivity index (χ1v) is 5.47. The van der Waals surface area contributed by atoms with Gasteiger partial charge in [-0.05, 0) is 24.3 Å². The number of hydrogen-bond donors (Lipinski definition) is 0. The summed E-state index contributed by atoms with van der Waals surface area (Å²) < 4.78 is 44.5. The molecule has 0 fully saturated rings. The van der Waals surface area contributed by atoms with E-state index >= 15 is 0 Å². The highest BCUT2D eigenvalue weighted by molar-refractivity contribution is 6.19. The van der Waals surface area contributed by atoms with Gasteiger partial charge in [-0.2, -0.15) is 13.2 Å². The fourth-order valence-corrected chi connectivity index (χ4v) is 1.10. The number of halogens is 4. The predicted octanol–water partition coefficient (Wildman–Crippen LogP) is 3.19. The molecule has 0 spiro atoms. The first kappa shape index (κ1) is 14.7. The van der Waals surface area contributed by atoms with Gasteiger partial charge >= 0.3 is 6.18 Å². The van der Waals surface area contributed by atoms with Crippen LogP contribution < -0.4 is 4.74 Å². The average molecular weight is 279 g/mol. The molecule has 0 atom stereocenters. The van der Waals surface area contributed by atoms with Crippen molar-refractivity contribution < 1.29 is 22.6 Å². The molecule has 0 heterocycles. The third-order valence-corrected chi connectivity index (χ3v) is 1.86. The van der Waals surface area contributed by atoms with Gasteiger partial charge in [0.25, 0.3) is 0 Å². The van der Waals surface area contributed by atoms with Crippen LogP contribution in [0.15, 0.2) is 24.3 Å². The van der Waals surface area contributed by atoms with Crippen molar-refractivity contribution in [1.82, 2.24) is 0 Å². The van der Waals surface area contributed by atoms with Crippen LogP contribution in [0.3, 0.4) is 0 Å².